The normalized spacial score (nSPS) is 10.5. The lowest BCUT2D eigenvalue weighted by molar-refractivity contribution is 0.972. The highest BCUT2D eigenvalue weighted by atomic mass is 35.5. The Balaban J connectivity index is 2.51. The van der Waals surface area contributed by atoms with E-state index in [1.807, 2.05) is 24.3 Å². The van der Waals surface area contributed by atoms with Gasteiger partial charge < -0.3 is 5.32 Å². The first-order chi connectivity index (χ1) is 7.33. The van der Waals surface area contributed by atoms with Gasteiger partial charge in [-0.15, -0.1) is 0 Å². The molecule has 2 aromatic rings. The largest absolute Gasteiger partial charge is 0.370 e. The second kappa shape index (κ2) is 4.49. The van der Waals surface area contributed by atoms with Gasteiger partial charge in [0.1, 0.15) is 5.82 Å². The molecule has 0 aliphatic heterocycles. The van der Waals surface area contributed by atoms with Gasteiger partial charge in [0.15, 0.2) is 0 Å². The van der Waals surface area contributed by atoms with Crippen LogP contribution in [-0.4, -0.2) is 11.5 Å². The van der Waals surface area contributed by atoms with E-state index in [-0.39, 0.29) is 0 Å². The Morgan fingerprint density at radius 2 is 2.13 bits per heavy atom. The van der Waals surface area contributed by atoms with Crippen LogP contribution in [0.4, 0.5) is 5.82 Å². The fraction of sp³-hybridized carbons (Fsp3) is 0.250. The van der Waals surface area contributed by atoms with Gasteiger partial charge in [-0.05, 0) is 18.6 Å². The van der Waals surface area contributed by atoms with Gasteiger partial charge in [-0.2, -0.15) is 0 Å². The number of halogens is 1. The van der Waals surface area contributed by atoms with Crippen LogP contribution in [0.2, 0.25) is 5.02 Å². The minimum Gasteiger partial charge on any atom is -0.370 e. The van der Waals surface area contributed by atoms with Crippen molar-refractivity contribution in [1.82, 2.24) is 4.98 Å². The molecule has 15 heavy (non-hydrogen) atoms. The average Bonchev–Trinajstić information content (AvgIpc) is 2.27. The molecule has 0 aliphatic carbocycles. The average molecular weight is 221 g/mol. The number of anilines is 1. The van der Waals surface area contributed by atoms with Gasteiger partial charge in [0.2, 0.25) is 0 Å². The molecule has 0 atom stereocenters. The van der Waals surface area contributed by atoms with Crippen molar-refractivity contribution in [3.8, 4) is 0 Å². The fourth-order valence-corrected chi connectivity index (χ4v) is 1.79. The van der Waals surface area contributed by atoms with Crippen molar-refractivity contribution in [2.45, 2.75) is 13.3 Å². The monoisotopic (exact) mass is 220 g/mol. The number of pyridine rings is 1. The molecule has 1 heterocycles. The number of benzene rings is 1. The predicted octanol–water partition coefficient (Wildman–Crippen LogP) is 3.71. The molecule has 1 N–H and O–H groups in total. The SMILES string of the molecule is CCCNc1nccc2c(Cl)cccc12. The topological polar surface area (TPSA) is 24.9 Å². The van der Waals surface area contributed by atoms with E-state index in [2.05, 4.69) is 17.2 Å². The van der Waals surface area contributed by atoms with E-state index in [0.717, 1.165) is 34.6 Å². The molecule has 0 fully saturated rings. The first-order valence-corrected chi connectivity index (χ1v) is 5.48. The zero-order chi connectivity index (χ0) is 10.7. The van der Waals surface area contributed by atoms with E-state index < -0.39 is 0 Å². The lowest BCUT2D eigenvalue weighted by Crippen LogP contribution is -2.02. The van der Waals surface area contributed by atoms with Crippen LogP contribution in [0.3, 0.4) is 0 Å². The first-order valence-electron chi connectivity index (χ1n) is 5.10. The molecule has 1 aromatic carbocycles. The van der Waals surface area contributed by atoms with Crippen LogP contribution in [-0.2, 0) is 0 Å². The van der Waals surface area contributed by atoms with Gasteiger partial charge >= 0.3 is 0 Å². The minimum atomic E-state index is 0.773. The summed E-state index contributed by atoms with van der Waals surface area (Å²) in [5, 5.41) is 6.20. The fourth-order valence-electron chi connectivity index (χ4n) is 1.55. The number of aromatic nitrogens is 1. The molecule has 0 spiro atoms. The van der Waals surface area contributed by atoms with Gasteiger partial charge in [-0.3, -0.25) is 0 Å². The Morgan fingerprint density at radius 1 is 1.27 bits per heavy atom. The highest BCUT2D eigenvalue weighted by Crippen LogP contribution is 2.26. The third-order valence-electron chi connectivity index (χ3n) is 2.30. The molecule has 2 rings (SSSR count). The lowest BCUT2D eigenvalue weighted by Gasteiger charge is -2.07. The minimum absolute atomic E-state index is 0.773. The number of fused-ring (bicyclic) bond motifs is 1. The van der Waals surface area contributed by atoms with E-state index in [0.29, 0.717) is 0 Å². The third-order valence-corrected chi connectivity index (χ3v) is 2.62. The summed E-state index contributed by atoms with van der Waals surface area (Å²) in [5.74, 6) is 0.914. The van der Waals surface area contributed by atoms with Crippen LogP contribution >= 0.6 is 11.6 Å². The molecule has 0 radical (unpaired) electrons. The Bertz CT molecular complexity index is 468. The molecule has 0 saturated heterocycles. The second-order valence-corrected chi connectivity index (χ2v) is 3.83. The van der Waals surface area contributed by atoms with Crippen LogP contribution in [0.15, 0.2) is 30.5 Å². The summed E-state index contributed by atoms with van der Waals surface area (Å²) < 4.78 is 0. The molecule has 0 unspecified atom stereocenters. The third kappa shape index (κ3) is 2.05. The maximum Gasteiger partial charge on any atom is 0.133 e. The standard InChI is InChI=1S/C12H13ClN2/c1-2-7-14-12-10-4-3-5-11(13)9(10)6-8-15-12/h3-6,8H,2,7H2,1H3,(H,14,15). The van der Waals surface area contributed by atoms with Crippen molar-refractivity contribution in [3.63, 3.8) is 0 Å². The van der Waals surface area contributed by atoms with Gasteiger partial charge in [0.05, 0.1) is 0 Å². The highest BCUT2D eigenvalue weighted by Gasteiger charge is 2.03. The maximum atomic E-state index is 6.11. The summed E-state index contributed by atoms with van der Waals surface area (Å²) in [6.45, 7) is 3.06. The summed E-state index contributed by atoms with van der Waals surface area (Å²) in [7, 11) is 0. The van der Waals surface area contributed by atoms with Crippen LogP contribution in [0.1, 0.15) is 13.3 Å². The Hall–Kier alpha value is -1.28. The van der Waals surface area contributed by atoms with Gasteiger partial charge in [0, 0.05) is 28.5 Å². The van der Waals surface area contributed by atoms with Crippen molar-refractivity contribution >= 4 is 28.2 Å². The van der Waals surface area contributed by atoms with Gasteiger partial charge in [-0.1, -0.05) is 30.7 Å². The van der Waals surface area contributed by atoms with E-state index in [1.165, 1.54) is 0 Å². The number of nitrogens with one attached hydrogen (secondary N) is 1. The van der Waals surface area contributed by atoms with Crippen LogP contribution in [0, 0.1) is 0 Å². The molecular weight excluding hydrogens is 208 g/mol. The maximum absolute atomic E-state index is 6.11. The van der Waals surface area contributed by atoms with Crippen molar-refractivity contribution in [1.29, 1.82) is 0 Å². The zero-order valence-corrected chi connectivity index (χ0v) is 9.38. The Morgan fingerprint density at radius 3 is 2.93 bits per heavy atom. The van der Waals surface area contributed by atoms with E-state index in [4.69, 9.17) is 11.6 Å². The molecule has 0 amide bonds. The molecule has 0 saturated carbocycles. The predicted molar refractivity (Wildman–Crippen MR) is 65.5 cm³/mol. The van der Waals surface area contributed by atoms with E-state index >= 15 is 0 Å². The molecule has 2 nitrogen and oxygen atoms in total. The van der Waals surface area contributed by atoms with Crippen molar-refractivity contribution in [2.75, 3.05) is 11.9 Å². The summed E-state index contributed by atoms with van der Waals surface area (Å²) >= 11 is 6.11. The van der Waals surface area contributed by atoms with Crippen molar-refractivity contribution < 1.29 is 0 Å². The number of hydrogen-bond donors (Lipinski definition) is 1. The molecule has 3 heteroatoms. The van der Waals surface area contributed by atoms with Gasteiger partial charge in [-0.25, -0.2) is 4.98 Å². The number of rotatable bonds is 3. The summed E-state index contributed by atoms with van der Waals surface area (Å²) in [6, 6.07) is 7.82. The Labute approximate surface area is 94.3 Å². The summed E-state index contributed by atoms with van der Waals surface area (Å²) in [6.07, 6.45) is 2.87. The van der Waals surface area contributed by atoms with E-state index in [9.17, 15) is 0 Å². The number of nitrogens with zero attached hydrogens (tertiary/aromatic N) is 1. The zero-order valence-electron chi connectivity index (χ0n) is 8.63. The van der Waals surface area contributed by atoms with Crippen molar-refractivity contribution in [3.05, 3.63) is 35.5 Å². The highest BCUT2D eigenvalue weighted by molar-refractivity contribution is 6.35. The van der Waals surface area contributed by atoms with Crippen molar-refractivity contribution in [2.24, 2.45) is 0 Å². The van der Waals surface area contributed by atoms with Crippen LogP contribution in [0.25, 0.3) is 10.8 Å². The Kier molecular flexibility index (Phi) is 3.07. The molecule has 0 aliphatic rings. The van der Waals surface area contributed by atoms with Gasteiger partial charge in [0.25, 0.3) is 0 Å². The van der Waals surface area contributed by atoms with Crippen LogP contribution < -0.4 is 5.32 Å². The summed E-state index contributed by atoms with van der Waals surface area (Å²) in [5.41, 5.74) is 0. The number of hydrogen-bond acceptors (Lipinski definition) is 2. The summed E-state index contributed by atoms with van der Waals surface area (Å²) in [4.78, 5) is 4.32. The smallest absolute Gasteiger partial charge is 0.133 e. The molecule has 0 bridgehead atoms. The molecule has 1 aromatic heterocycles. The quantitative estimate of drug-likeness (QED) is 0.853. The lowest BCUT2D eigenvalue weighted by atomic mass is 10.1. The molecular formula is C12H13ClN2. The second-order valence-electron chi connectivity index (χ2n) is 3.42. The van der Waals surface area contributed by atoms with Crippen LogP contribution in [0.5, 0.6) is 0 Å². The molecule has 78 valence electrons. The van der Waals surface area contributed by atoms with E-state index in [1.54, 1.807) is 6.20 Å². The first kappa shape index (κ1) is 10.2.